The van der Waals surface area contributed by atoms with Crippen molar-refractivity contribution in [2.75, 3.05) is 0 Å². The van der Waals surface area contributed by atoms with E-state index in [1.54, 1.807) is 0 Å². The number of nitrogens with zero attached hydrogens (tertiary/aromatic N) is 1. The van der Waals surface area contributed by atoms with E-state index in [4.69, 9.17) is 0 Å². The van der Waals surface area contributed by atoms with Crippen LogP contribution < -0.4 is 5.43 Å². The van der Waals surface area contributed by atoms with Gasteiger partial charge in [-0.1, -0.05) is 29.8 Å². The summed E-state index contributed by atoms with van der Waals surface area (Å²) in [7, 11) is 0. The Morgan fingerprint density at radius 2 is 1.67 bits per heavy atom. The van der Waals surface area contributed by atoms with Crippen LogP contribution in [0.3, 0.4) is 0 Å². The van der Waals surface area contributed by atoms with Gasteiger partial charge in [0.05, 0.1) is 6.21 Å². The maximum Gasteiger partial charge on any atom is 0.271 e. The summed E-state index contributed by atoms with van der Waals surface area (Å²) in [5, 5.41) is 31.6. The molecule has 0 unspecified atom stereocenters. The average molecular weight is 286 g/mol. The molecule has 6 heteroatoms. The van der Waals surface area contributed by atoms with Crippen molar-refractivity contribution >= 4 is 12.1 Å². The van der Waals surface area contributed by atoms with Crippen molar-refractivity contribution in [2.45, 2.75) is 6.92 Å². The molecule has 21 heavy (non-hydrogen) atoms. The fourth-order valence-corrected chi connectivity index (χ4v) is 1.62. The van der Waals surface area contributed by atoms with Crippen LogP contribution in [0.5, 0.6) is 17.2 Å². The summed E-state index contributed by atoms with van der Waals surface area (Å²) in [6, 6.07) is 9.60. The van der Waals surface area contributed by atoms with E-state index >= 15 is 0 Å². The molecule has 0 atom stereocenters. The zero-order valence-electron chi connectivity index (χ0n) is 11.2. The summed E-state index contributed by atoms with van der Waals surface area (Å²) in [6.07, 6.45) is 1.47. The first-order chi connectivity index (χ1) is 9.97. The van der Waals surface area contributed by atoms with E-state index < -0.39 is 23.2 Å². The SMILES string of the molecule is Cc1ccc(/C=N/NC(=O)c2cc(O)c(O)c(O)c2)cc1. The van der Waals surface area contributed by atoms with Gasteiger partial charge in [0.1, 0.15) is 0 Å². The van der Waals surface area contributed by atoms with E-state index in [0.29, 0.717) is 0 Å². The highest BCUT2D eigenvalue weighted by atomic mass is 16.3. The van der Waals surface area contributed by atoms with E-state index in [1.165, 1.54) is 6.21 Å². The Balaban J connectivity index is 2.06. The molecule has 0 aliphatic heterocycles. The van der Waals surface area contributed by atoms with Gasteiger partial charge in [0, 0.05) is 5.56 Å². The number of phenols is 3. The zero-order valence-corrected chi connectivity index (χ0v) is 11.2. The Hall–Kier alpha value is -3.02. The highest BCUT2D eigenvalue weighted by Crippen LogP contribution is 2.35. The number of hydrazone groups is 1. The second-order valence-corrected chi connectivity index (χ2v) is 4.47. The van der Waals surface area contributed by atoms with Gasteiger partial charge in [-0.3, -0.25) is 4.79 Å². The quantitative estimate of drug-likeness (QED) is 0.393. The Labute approximate surface area is 121 Å². The third kappa shape index (κ3) is 3.50. The number of aromatic hydroxyl groups is 3. The van der Waals surface area contributed by atoms with Gasteiger partial charge in [-0.05, 0) is 24.6 Å². The Morgan fingerprint density at radius 3 is 2.24 bits per heavy atom. The lowest BCUT2D eigenvalue weighted by Crippen LogP contribution is -2.17. The first-order valence-electron chi connectivity index (χ1n) is 6.12. The summed E-state index contributed by atoms with van der Waals surface area (Å²) in [5.74, 6) is -2.45. The standard InChI is InChI=1S/C15H14N2O4/c1-9-2-4-10(5-3-9)8-16-17-15(21)11-6-12(18)14(20)13(19)7-11/h2-8,18-20H,1H3,(H,17,21)/b16-8+. The molecule has 0 heterocycles. The molecule has 6 nitrogen and oxygen atoms in total. The summed E-state index contributed by atoms with van der Waals surface area (Å²) >= 11 is 0. The number of carbonyl (C=O) groups excluding carboxylic acids is 1. The van der Waals surface area contributed by atoms with Crippen LogP contribution in [0.4, 0.5) is 0 Å². The number of hydrogen-bond acceptors (Lipinski definition) is 5. The number of carbonyl (C=O) groups is 1. The monoisotopic (exact) mass is 286 g/mol. The molecular formula is C15H14N2O4. The third-order valence-electron chi connectivity index (χ3n) is 2.79. The van der Waals surface area contributed by atoms with Crippen molar-refractivity contribution in [3.8, 4) is 17.2 Å². The molecule has 2 aromatic carbocycles. The van der Waals surface area contributed by atoms with Crippen LogP contribution in [-0.4, -0.2) is 27.4 Å². The van der Waals surface area contributed by atoms with E-state index in [9.17, 15) is 20.1 Å². The van der Waals surface area contributed by atoms with Crippen LogP contribution in [0.1, 0.15) is 21.5 Å². The lowest BCUT2D eigenvalue weighted by Gasteiger charge is -2.04. The smallest absolute Gasteiger partial charge is 0.271 e. The predicted molar refractivity (Wildman–Crippen MR) is 77.7 cm³/mol. The molecule has 0 aromatic heterocycles. The molecule has 1 amide bonds. The normalized spacial score (nSPS) is 10.7. The van der Waals surface area contributed by atoms with Gasteiger partial charge in [0.25, 0.3) is 5.91 Å². The van der Waals surface area contributed by atoms with Crippen molar-refractivity contribution < 1.29 is 20.1 Å². The van der Waals surface area contributed by atoms with Gasteiger partial charge < -0.3 is 15.3 Å². The Bertz CT molecular complexity index is 670. The Morgan fingerprint density at radius 1 is 1.10 bits per heavy atom. The summed E-state index contributed by atoms with van der Waals surface area (Å²) in [4.78, 5) is 11.8. The molecular weight excluding hydrogens is 272 g/mol. The van der Waals surface area contributed by atoms with Crippen molar-refractivity contribution in [1.29, 1.82) is 0 Å². The molecule has 4 N–H and O–H groups in total. The maximum absolute atomic E-state index is 11.8. The summed E-state index contributed by atoms with van der Waals surface area (Å²) in [6.45, 7) is 1.96. The fourth-order valence-electron chi connectivity index (χ4n) is 1.62. The molecule has 0 bridgehead atoms. The molecule has 0 aliphatic carbocycles. The first kappa shape index (κ1) is 14.4. The first-order valence-corrected chi connectivity index (χ1v) is 6.12. The van der Waals surface area contributed by atoms with Gasteiger partial charge in [-0.25, -0.2) is 5.43 Å². The lowest BCUT2D eigenvalue weighted by atomic mass is 10.2. The highest BCUT2D eigenvalue weighted by molar-refractivity contribution is 5.96. The van der Waals surface area contributed by atoms with Gasteiger partial charge in [0.15, 0.2) is 17.2 Å². The molecule has 0 fully saturated rings. The molecule has 0 radical (unpaired) electrons. The minimum Gasteiger partial charge on any atom is -0.504 e. The molecule has 0 saturated carbocycles. The molecule has 0 saturated heterocycles. The topological polar surface area (TPSA) is 102 Å². The molecule has 108 valence electrons. The van der Waals surface area contributed by atoms with E-state index in [-0.39, 0.29) is 5.56 Å². The van der Waals surface area contributed by atoms with Crippen LogP contribution in [0, 0.1) is 6.92 Å². The third-order valence-corrected chi connectivity index (χ3v) is 2.79. The predicted octanol–water partition coefficient (Wildman–Crippen LogP) is 1.88. The van der Waals surface area contributed by atoms with Crippen molar-refractivity contribution in [2.24, 2.45) is 5.10 Å². The minimum absolute atomic E-state index is 0.0242. The van der Waals surface area contributed by atoms with E-state index in [0.717, 1.165) is 23.3 Å². The van der Waals surface area contributed by atoms with Crippen molar-refractivity contribution in [3.63, 3.8) is 0 Å². The zero-order chi connectivity index (χ0) is 15.4. The largest absolute Gasteiger partial charge is 0.504 e. The van der Waals surface area contributed by atoms with Gasteiger partial charge in [0.2, 0.25) is 0 Å². The van der Waals surface area contributed by atoms with Gasteiger partial charge in [-0.15, -0.1) is 0 Å². The number of aryl methyl sites for hydroxylation is 1. The van der Waals surface area contributed by atoms with Crippen LogP contribution in [0.15, 0.2) is 41.5 Å². The number of rotatable bonds is 3. The van der Waals surface area contributed by atoms with Crippen LogP contribution in [0.25, 0.3) is 0 Å². The average Bonchev–Trinajstić information content (AvgIpc) is 2.46. The lowest BCUT2D eigenvalue weighted by molar-refractivity contribution is 0.0954. The minimum atomic E-state index is -0.672. The number of amides is 1. The van der Waals surface area contributed by atoms with E-state index in [2.05, 4.69) is 10.5 Å². The van der Waals surface area contributed by atoms with E-state index in [1.807, 2.05) is 31.2 Å². The summed E-state index contributed by atoms with van der Waals surface area (Å²) < 4.78 is 0. The van der Waals surface area contributed by atoms with Gasteiger partial charge in [-0.2, -0.15) is 5.10 Å². The molecule has 2 aromatic rings. The van der Waals surface area contributed by atoms with Crippen molar-refractivity contribution in [3.05, 3.63) is 53.1 Å². The number of phenolic OH excluding ortho intramolecular Hbond substituents is 3. The number of benzene rings is 2. The second kappa shape index (κ2) is 5.96. The number of nitrogens with one attached hydrogen (secondary N) is 1. The second-order valence-electron chi connectivity index (χ2n) is 4.47. The highest BCUT2D eigenvalue weighted by Gasteiger charge is 2.12. The number of hydrogen-bond donors (Lipinski definition) is 4. The molecule has 2 rings (SSSR count). The maximum atomic E-state index is 11.8. The van der Waals surface area contributed by atoms with Crippen LogP contribution >= 0.6 is 0 Å². The van der Waals surface area contributed by atoms with Crippen LogP contribution in [-0.2, 0) is 0 Å². The molecule has 0 aliphatic rings. The fraction of sp³-hybridized carbons (Fsp3) is 0.0667. The van der Waals surface area contributed by atoms with Crippen molar-refractivity contribution in [1.82, 2.24) is 5.43 Å². The summed E-state index contributed by atoms with van der Waals surface area (Å²) in [5.41, 5.74) is 4.17. The van der Waals surface area contributed by atoms with Gasteiger partial charge >= 0.3 is 0 Å². The Kier molecular flexibility index (Phi) is 4.08. The molecule has 0 spiro atoms. The van der Waals surface area contributed by atoms with Crippen LogP contribution in [0.2, 0.25) is 0 Å².